The minimum Gasteiger partial charge on any atom is -0.497 e. The Morgan fingerprint density at radius 1 is 0.967 bits per heavy atom. The van der Waals surface area contributed by atoms with Gasteiger partial charge in [0.25, 0.3) is 0 Å². The van der Waals surface area contributed by atoms with Crippen molar-refractivity contribution in [3.05, 3.63) is 54.1 Å². The van der Waals surface area contributed by atoms with Crippen LogP contribution in [0, 0.1) is 6.92 Å². The Kier molecular flexibility index (Phi) is 6.32. The molecule has 2 saturated heterocycles. The molecule has 0 spiro atoms. The van der Waals surface area contributed by atoms with Crippen LogP contribution >= 0.6 is 0 Å². The molecule has 162 valence electrons. The number of sulfonamides is 1. The fourth-order valence-electron chi connectivity index (χ4n) is 4.50. The highest BCUT2D eigenvalue weighted by Gasteiger charge is 2.34. The summed E-state index contributed by atoms with van der Waals surface area (Å²) in [5.41, 5.74) is 2.18. The Hall–Kier alpha value is -2.09. The van der Waals surface area contributed by atoms with Gasteiger partial charge < -0.3 is 9.64 Å². The molecule has 2 aliphatic heterocycles. The number of hydrogen-bond donors (Lipinski definition) is 0. The number of methoxy groups -OCH3 is 1. The Morgan fingerprint density at radius 2 is 1.70 bits per heavy atom. The molecule has 0 aliphatic carbocycles. The summed E-state index contributed by atoms with van der Waals surface area (Å²) >= 11 is 0. The average Bonchev–Trinajstić information content (AvgIpc) is 2.79. The molecule has 2 aromatic rings. The van der Waals surface area contributed by atoms with Gasteiger partial charge in [-0.1, -0.05) is 12.1 Å². The SMILES string of the molecule is COc1ccc(N2CCN([C@H]3CCCN(S(=O)(=O)c4cccc(C)c4)C3)CC2)cc1. The Morgan fingerprint density at radius 3 is 2.37 bits per heavy atom. The van der Waals surface area contributed by atoms with Gasteiger partial charge in [0.15, 0.2) is 0 Å². The molecule has 0 saturated carbocycles. The van der Waals surface area contributed by atoms with E-state index in [1.165, 1.54) is 5.69 Å². The van der Waals surface area contributed by atoms with Crippen LogP contribution in [0.5, 0.6) is 5.75 Å². The van der Waals surface area contributed by atoms with E-state index in [0.717, 1.165) is 50.3 Å². The fourth-order valence-corrected chi connectivity index (χ4v) is 6.12. The third-order valence-corrected chi connectivity index (χ3v) is 8.12. The van der Waals surface area contributed by atoms with Gasteiger partial charge in [0.2, 0.25) is 10.0 Å². The highest BCUT2D eigenvalue weighted by molar-refractivity contribution is 7.89. The Bertz CT molecular complexity index is 954. The smallest absolute Gasteiger partial charge is 0.243 e. The molecule has 7 heteroatoms. The van der Waals surface area contributed by atoms with Gasteiger partial charge in [-0.2, -0.15) is 4.31 Å². The molecule has 0 radical (unpaired) electrons. The minimum absolute atomic E-state index is 0.288. The number of rotatable bonds is 5. The van der Waals surface area contributed by atoms with Crippen molar-refractivity contribution in [2.75, 3.05) is 51.3 Å². The van der Waals surface area contributed by atoms with E-state index in [0.29, 0.717) is 18.0 Å². The summed E-state index contributed by atoms with van der Waals surface area (Å²) in [6.45, 7) is 6.93. The van der Waals surface area contributed by atoms with Gasteiger partial charge in [-0.15, -0.1) is 0 Å². The predicted molar refractivity (Wildman–Crippen MR) is 120 cm³/mol. The summed E-state index contributed by atoms with van der Waals surface area (Å²) in [6, 6.07) is 15.7. The lowest BCUT2D eigenvalue weighted by Crippen LogP contribution is -2.55. The van der Waals surface area contributed by atoms with Crippen molar-refractivity contribution < 1.29 is 13.2 Å². The maximum absolute atomic E-state index is 13.1. The molecule has 0 bridgehead atoms. The van der Waals surface area contributed by atoms with Crippen LogP contribution in [-0.4, -0.2) is 70.0 Å². The summed E-state index contributed by atoms with van der Waals surface area (Å²) in [5.74, 6) is 0.870. The normalized spacial score (nSPS) is 21.5. The van der Waals surface area contributed by atoms with Crippen molar-refractivity contribution in [3.8, 4) is 5.75 Å². The first-order chi connectivity index (χ1) is 14.5. The van der Waals surface area contributed by atoms with Crippen LogP contribution in [0.25, 0.3) is 0 Å². The van der Waals surface area contributed by atoms with Gasteiger partial charge >= 0.3 is 0 Å². The van der Waals surface area contributed by atoms with Crippen LogP contribution in [-0.2, 0) is 10.0 Å². The van der Waals surface area contributed by atoms with E-state index in [-0.39, 0.29) is 6.04 Å². The number of aryl methyl sites for hydroxylation is 1. The largest absolute Gasteiger partial charge is 0.497 e. The molecule has 2 aliphatic rings. The van der Waals surface area contributed by atoms with Gasteiger partial charge in [0.05, 0.1) is 12.0 Å². The maximum atomic E-state index is 13.1. The molecule has 0 aromatic heterocycles. The molecule has 0 N–H and O–H groups in total. The van der Waals surface area contributed by atoms with Crippen molar-refractivity contribution in [2.45, 2.75) is 30.7 Å². The Labute approximate surface area is 180 Å². The number of anilines is 1. The van der Waals surface area contributed by atoms with E-state index in [2.05, 4.69) is 21.9 Å². The second-order valence-corrected chi connectivity index (χ2v) is 10.1. The molecular formula is C23H31N3O3S. The highest BCUT2D eigenvalue weighted by atomic mass is 32.2. The van der Waals surface area contributed by atoms with Crippen LogP contribution in [0.1, 0.15) is 18.4 Å². The summed E-state index contributed by atoms with van der Waals surface area (Å²) in [7, 11) is -1.75. The second-order valence-electron chi connectivity index (χ2n) is 8.20. The second kappa shape index (κ2) is 8.96. The number of nitrogens with zero attached hydrogens (tertiary/aromatic N) is 3. The molecule has 30 heavy (non-hydrogen) atoms. The van der Waals surface area contributed by atoms with Crippen molar-refractivity contribution in [2.24, 2.45) is 0 Å². The van der Waals surface area contributed by atoms with Crippen LogP contribution in [0.15, 0.2) is 53.4 Å². The van der Waals surface area contributed by atoms with E-state index in [9.17, 15) is 8.42 Å². The van der Waals surface area contributed by atoms with Gasteiger partial charge in [0.1, 0.15) is 5.75 Å². The van der Waals surface area contributed by atoms with Gasteiger partial charge in [-0.3, -0.25) is 4.90 Å². The highest BCUT2D eigenvalue weighted by Crippen LogP contribution is 2.26. The molecule has 2 aromatic carbocycles. The zero-order valence-corrected chi connectivity index (χ0v) is 18.6. The lowest BCUT2D eigenvalue weighted by molar-refractivity contribution is 0.128. The van der Waals surface area contributed by atoms with Crippen molar-refractivity contribution in [3.63, 3.8) is 0 Å². The first-order valence-electron chi connectivity index (χ1n) is 10.7. The third-order valence-electron chi connectivity index (χ3n) is 6.25. The van der Waals surface area contributed by atoms with Crippen LogP contribution in [0.4, 0.5) is 5.69 Å². The molecule has 0 amide bonds. The monoisotopic (exact) mass is 429 g/mol. The fraction of sp³-hybridized carbons (Fsp3) is 0.478. The van der Waals surface area contributed by atoms with Crippen LogP contribution in [0.2, 0.25) is 0 Å². The van der Waals surface area contributed by atoms with Crippen LogP contribution in [0.3, 0.4) is 0 Å². The molecule has 6 nitrogen and oxygen atoms in total. The van der Waals surface area contributed by atoms with Crippen molar-refractivity contribution >= 4 is 15.7 Å². The predicted octanol–water partition coefficient (Wildman–Crippen LogP) is 2.98. The number of hydrogen-bond acceptors (Lipinski definition) is 5. The molecule has 2 heterocycles. The van der Waals surface area contributed by atoms with Gasteiger partial charge in [-0.25, -0.2) is 8.42 Å². The van der Waals surface area contributed by atoms with Gasteiger partial charge in [0, 0.05) is 51.0 Å². The Balaban J connectivity index is 1.38. The van der Waals surface area contributed by atoms with E-state index in [1.54, 1.807) is 23.5 Å². The zero-order chi connectivity index (χ0) is 21.1. The van der Waals surface area contributed by atoms with Crippen LogP contribution < -0.4 is 9.64 Å². The van der Waals surface area contributed by atoms with Crippen molar-refractivity contribution in [1.82, 2.24) is 9.21 Å². The first-order valence-corrected chi connectivity index (χ1v) is 12.1. The topological polar surface area (TPSA) is 53.1 Å². The van der Waals surface area contributed by atoms with E-state index < -0.39 is 10.0 Å². The van der Waals surface area contributed by atoms with E-state index in [4.69, 9.17) is 4.74 Å². The minimum atomic E-state index is -3.43. The lowest BCUT2D eigenvalue weighted by Gasteiger charge is -2.43. The molecule has 4 rings (SSSR count). The zero-order valence-electron chi connectivity index (χ0n) is 17.8. The third kappa shape index (κ3) is 4.48. The number of piperazine rings is 1. The maximum Gasteiger partial charge on any atom is 0.243 e. The number of benzene rings is 2. The van der Waals surface area contributed by atoms with E-state index in [1.807, 2.05) is 31.2 Å². The number of piperidine rings is 1. The van der Waals surface area contributed by atoms with Crippen molar-refractivity contribution in [1.29, 1.82) is 0 Å². The summed E-state index contributed by atoms with van der Waals surface area (Å²) in [6.07, 6.45) is 1.97. The molecule has 1 atom stereocenters. The molecule has 0 unspecified atom stereocenters. The molecular weight excluding hydrogens is 398 g/mol. The van der Waals surface area contributed by atoms with Gasteiger partial charge in [-0.05, 0) is 61.7 Å². The summed E-state index contributed by atoms with van der Waals surface area (Å²) in [4.78, 5) is 5.27. The summed E-state index contributed by atoms with van der Waals surface area (Å²) in [5, 5.41) is 0. The molecule has 2 fully saturated rings. The quantitative estimate of drug-likeness (QED) is 0.731. The average molecular weight is 430 g/mol. The standard InChI is InChI=1S/C23H31N3O3S/c1-19-5-3-7-23(17-19)30(27,28)26-12-4-6-21(18-26)25-15-13-24(14-16-25)20-8-10-22(29-2)11-9-20/h3,5,7-11,17,21H,4,6,12-16,18H2,1-2H3/t21-/m0/s1. The van der Waals surface area contributed by atoms with E-state index >= 15 is 0 Å². The summed E-state index contributed by atoms with van der Waals surface area (Å²) < 4.78 is 33.2. The first kappa shape index (κ1) is 21.2. The number of ether oxygens (including phenoxy) is 1. The lowest BCUT2D eigenvalue weighted by atomic mass is 10.0.